The minimum atomic E-state index is 0.362. The second-order valence-corrected chi connectivity index (χ2v) is 6.34. The van der Waals surface area contributed by atoms with Gasteiger partial charge < -0.3 is 15.1 Å². The summed E-state index contributed by atoms with van der Waals surface area (Å²) in [5.74, 6) is 8.79. The molecule has 6 nitrogen and oxygen atoms in total. The van der Waals surface area contributed by atoms with E-state index in [9.17, 15) is 0 Å². The molecule has 0 aromatic carbocycles. The Morgan fingerprint density at radius 1 is 1.19 bits per heavy atom. The van der Waals surface area contributed by atoms with Gasteiger partial charge in [0.1, 0.15) is 17.5 Å². The largest absolute Gasteiger partial charge is 0.374 e. The lowest BCUT2D eigenvalue weighted by Gasteiger charge is -2.44. The van der Waals surface area contributed by atoms with Gasteiger partial charge in [0.15, 0.2) is 0 Å². The van der Waals surface area contributed by atoms with E-state index in [1.54, 1.807) is 0 Å². The predicted molar refractivity (Wildman–Crippen MR) is 81.2 cm³/mol. The van der Waals surface area contributed by atoms with Gasteiger partial charge in [-0.3, -0.25) is 0 Å². The molecule has 21 heavy (non-hydrogen) atoms. The maximum absolute atomic E-state index is 5.95. The van der Waals surface area contributed by atoms with E-state index in [4.69, 9.17) is 15.6 Å². The molecule has 3 aliphatic rings. The van der Waals surface area contributed by atoms with E-state index in [1.807, 2.05) is 6.07 Å². The van der Waals surface area contributed by atoms with Crippen LogP contribution in [0.2, 0.25) is 0 Å². The van der Waals surface area contributed by atoms with Crippen LogP contribution in [0.15, 0.2) is 6.07 Å². The SMILES string of the molecule is NNc1cc(N2CCOC3CCCCC32)nc(C2CC2)n1. The van der Waals surface area contributed by atoms with Crippen molar-refractivity contribution in [3.05, 3.63) is 11.9 Å². The summed E-state index contributed by atoms with van der Waals surface area (Å²) in [6.45, 7) is 1.70. The zero-order chi connectivity index (χ0) is 14.2. The third-order valence-corrected chi connectivity index (χ3v) is 4.85. The molecule has 1 aromatic heterocycles. The number of hydrogen-bond acceptors (Lipinski definition) is 6. The van der Waals surface area contributed by atoms with Gasteiger partial charge in [0, 0.05) is 18.5 Å². The van der Waals surface area contributed by atoms with E-state index in [0.29, 0.717) is 18.1 Å². The molecule has 0 bridgehead atoms. The van der Waals surface area contributed by atoms with E-state index < -0.39 is 0 Å². The fraction of sp³-hybridized carbons (Fsp3) is 0.733. The molecule has 1 aromatic rings. The summed E-state index contributed by atoms with van der Waals surface area (Å²) >= 11 is 0. The first kappa shape index (κ1) is 13.3. The van der Waals surface area contributed by atoms with Crippen LogP contribution in [0.5, 0.6) is 0 Å². The molecule has 2 saturated carbocycles. The summed E-state index contributed by atoms with van der Waals surface area (Å²) < 4.78 is 5.95. The molecule has 2 aliphatic carbocycles. The maximum Gasteiger partial charge on any atom is 0.145 e. The fourth-order valence-electron chi connectivity index (χ4n) is 3.58. The minimum Gasteiger partial charge on any atom is -0.374 e. The van der Waals surface area contributed by atoms with E-state index in [2.05, 4.69) is 15.3 Å². The normalized spacial score (nSPS) is 29.1. The molecule has 3 N–H and O–H groups in total. The van der Waals surface area contributed by atoms with Gasteiger partial charge in [-0.15, -0.1) is 0 Å². The van der Waals surface area contributed by atoms with Crippen LogP contribution >= 0.6 is 0 Å². The van der Waals surface area contributed by atoms with Crippen molar-refractivity contribution in [1.82, 2.24) is 9.97 Å². The molecule has 6 heteroatoms. The van der Waals surface area contributed by atoms with Crippen LogP contribution in [-0.4, -0.2) is 35.3 Å². The lowest BCUT2D eigenvalue weighted by Crippen LogP contribution is -2.53. The maximum atomic E-state index is 5.95. The van der Waals surface area contributed by atoms with Crippen molar-refractivity contribution in [2.45, 2.75) is 56.6 Å². The molecular formula is C15H23N5O. The zero-order valence-electron chi connectivity index (χ0n) is 12.3. The molecule has 0 radical (unpaired) electrons. The monoisotopic (exact) mass is 289 g/mol. The van der Waals surface area contributed by atoms with Gasteiger partial charge in [-0.2, -0.15) is 0 Å². The highest BCUT2D eigenvalue weighted by atomic mass is 16.5. The van der Waals surface area contributed by atoms with Crippen LogP contribution in [0.25, 0.3) is 0 Å². The third-order valence-electron chi connectivity index (χ3n) is 4.85. The van der Waals surface area contributed by atoms with Crippen molar-refractivity contribution in [2.75, 3.05) is 23.5 Å². The highest BCUT2D eigenvalue weighted by Crippen LogP contribution is 2.40. The minimum absolute atomic E-state index is 0.362. The van der Waals surface area contributed by atoms with E-state index in [-0.39, 0.29) is 0 Å². The van der Waals surface area contributed by atoms with E-state index in [1.165, 1.54) is 38.5 Å². The van der Waals surface area contributed by atoms with E-state index in [0.717, 1.165) is 30.6 Å². The predicted octanol–water partition coefficient (Wildman–Crippen LogP) is 1.79. The number of anilines is 2. The summed E-state index contributed by atoms with van der Waals surface area (Å²) in [4.78, 5) is 11.7. The summed E-state index contributed by atoms with van der Waals surface area (Å²) in [5, 5.41) is 0. The van der Waals surface area contributed by atoms with Gasteiger partial charge >= 0.3 is 0 Å². The first-order valence-electron chi connectivity index (χ1n) is 8.09. The molecule has 2 heterocycles. The molecule has 2 unspecified atom stereocenters. The van der Waals surface area contributed by atoms with Gasteiger partial charge in [-0.25, -0.2) is 15.8 Å². The lowest BCUT2D eigenvalue weighted by molar-refractivity contribution is -0.00900. The van der Waals surface area contributed by atoms with Crippen LogP contribution in [0.1, 0.15) is 50.3 Å². The highest BCUT2D eigenvalue weighted by molar-refractivity contribution is 5.50. The highest BCUT2D eigenvalue weighted by Gasteiger charge is 2.36. The number of rotatable bonds is 3. The van der Waals surface area contributed by atoms with Crippen molar-refractivity contribution >= 4 is 11.6 Å². The number of hydrazine groups is 1. The Kier molecular flexibility index (Phi) is 3.43. The third kappa shape index (κ3) is 2.58. The Balaban J connectivity index is 1.65. The Bertz CT molecular complexity index is 517. The Morgan fingerprint density at radius 2 is 2.05 bits per heavy atom. The van der Waals surface area contributed by atoms with Crippen LogP contribution < -0.4 is 16.2 Å². The van der Waals surface area contributed by atoms with Crippen molar-refractivity contribution in [1.29, 1.82) is 0 Å². The van der Waals surface area contributed by atoms with Crippen LogP contribution in [0, 0.1) is 0 Å². The van der Waals surface area contributed by atoms with Crippen LogP contribution in [-0.2, 0) is 4.74 Å². The Morgan fingerprint density at radius 3 is 2.86 bits per heavy atom. The number of aromatic nitrogens is 2. The Labute approximate surface area is 125 Å². The molecule has 4 rings (SSSR count). The summed E-state index contributed by atoms with van der Waals surface area (Å²) in [7, 11) is 0. The molecule has 114 valence electrons. The number of ether oxygens (including phenoxy) is 1. The van der Waals surface area contributed by atoms with Gasteiger partial charge in [0.25, 0.3) is 0 Å². The number of nitrogen functional groups attached to an aromatic ring is 1. The van der Waals surface area contributed by atoms with Gasteiger partial charge in [0.2, 0.25) is 0 Å². The molecule has 3 fully saturated rings. The number of nitrogens with two attached hydrogens (primary N) is 1. The lowest BCUT2D eigenvalue weighted by atomic mass is 9.90. The van der Waals surface area contributed by atoms with Gasteiger partial charge in [-0.05, 0) is 25.7 Å². The first-order chi connectivity index (χ1) is 10.3. The standard InChI is InChI=1S/C15H23N5O/c16-19-13-9-14(18-15(17-13)10-5-6-10)20-7-8-21-12-4-2-1-3-11(12)20/h9-12H,1-8,16H2,(H,17,18,19). The van der Waals surface area contributed by atoms with Crippen molar-refractivity contribution in [2.24, 2.45) is 5.84 Å². The van der Waals surface area contributed by atoms with Crippen LogP contribution in [0.3, 0.4) is 0 Å². The second-order valence-electron chi connectivity index (χ2n) is 6.34. The van der Waals surface area contributed by atoms with Crippen molar-refractivity contribution in [3.63, 3.8) is 0 Å². The Hall–Kier alpha value is -1.40. The number of morpholine rings is 1. The smallest absolute Gasteiger partial charge is 0.145 e. The zero-order valence-corrected chi connectivity index (χ0v) is 12.3. The van der Waals surface area contributed by atoms with Gasteiger partial charge in [0.05, 0.1) is 18.8 Å². The molecule has 1 saturated heterocycles. The van der Waals surface area contributed by atoms with Gasteiger partial charge in [-0.1, -0.05) is 12.8 Å². The first-order valence-corrected chi connectivity index (χ1v) is 8.09. The summed E-state index contributed by atoms with van der Waals surface area (Å²) in [6.07, 6.45) is 7.68. The molecule has 0 amide bonds. The average Bonchev–Trinajstić information content (AvgIpc) is 3.39. The van der Waals surface area contributed by atoms with Crippen LogP contribution in [0.4, 0.5) is 11.6 Å². The van der Waals surface area contributed by atoms with Crippen molar-refractivity contribution in [3.8, 4) is 0 Å². The fourth-order valence-corrected chi connectivity index (χ4v) is 3.58. The molecule has 1 aliphatic heterocycles. The average molecular weight is 289 g/mol. The molecular weight excluding hydrogens is 266 g/mol. The topological polar surface area (TPSA) is 76.3 Å². The molecule has 0 spiro atoms. The quantitative estimate of drug-likeness (QED) is 0.652. The number of hydrogen-bond donors (Lipinski definition) is 2. The number of fused-ring (bicyclic) bond motifs is 1. The molecule has 2 atom stereocenters. The second kappa shape index (κ2) is 5.42. The number of nitrogens with zero attached hydrogens (tertiary/aromatic N) is 3. The summed E-state index contributed by atoms with van der Waals surface area (Å²) in [5.41, 5.74) is 2.69. The van der Waals surface area contributed by atoms with Crippen molar-refractivity contribution < 1.29 is 4.74 Å². The van der Waals surface area contributed by atoms with E-state index >= 15 is 0 Å². The summed E-state index contributed by atoms with van der Waals surface area (Å²) in [6, 6.07) is 2.43. The number of nitrogens with one attached hydrogen (secondary N) is 1.